The van der Waals surface area contributed by atoms with E-state index in [0.717, 1.165) is 11.2 Å². The lowest BCUT2D eigenvalue weighted by Gasteiger charge is -2.22. The second kappa shape index (κ2) is 10.6. The lowest BCUT2D eigenvalue weighted by atomic mass is 9.82. The number of fused-ring (bicyclic) bond motifs is 12. The van der Waals surface area contributed by atoms with Crippen molar-refractivity contribution >= 4 is 65.6 Å². The molecule has 8 aromatic carbocycles. The number of nitrogens with zero attached hydrogens (tertiary/aromatic N) is 2. The van der Waals surface area contributed by atoms with Crippen LogP contribution in [0.3, 0.4) is 0 Å². The molecule has 0 unspecified atom stereocenters. The zero-order valence-corrected chi connectivity index (χ0v) is 30.0. The normalized spacial score (nSPS) is 13.5. The molecule has 0 aliphatic heterocycles. The molecule has 3 heteroatoms. The number of furan rings is 1. The lowest BCUT2D eigenvalue weighted by Crippen LogP contribution is -2.15. The molecule has 3 nitrogen and oxygen atoms in total. The Kier molecular flexibility index (Phi) is 5.84. The van der Waals surface area contributed by atoms with E-state index < -0.39 is 0 Å². The van der Waals surface area contributed by atoms with Crippen molar-refractivity contribution in [3.8, 4) is 33.6 Å². The molecule has 12 rings (SSSR count). The van der Waals surface area contributed by atoms with Gasteiger partial charge in [0.25, 0.3) is 0 Å². The number of rotatable bonds is 3. The van der Waals surface area contributed by atoms with E-state index in [1.54, 1.807) is 0 Å². The Bertz CT molecular complexity index is 3350. The van der Waals surface area contributed by atoms with Crippen LogP contribution in [-0.2, 0) is 5.41 Å². The van der Waals surface area contributed by atoms with Crippen LogP contribution in [0.2, 0.25) is 0 Å². The van der Waals surface area contributed by atoms with Gasteiger partial charge in [0.2, 0.25) is 0 Å². The highest BCUT2D eigenvalue weighted by Gasteiger charge is 2.37. The van der Waals surface area contributed by atoms with Crippen LogP contribution in [0.1, 0.15) is 25.0 Å². The van der Waals surface area contributed by atoms with Gasteiger partial charge in [-0.25, -0.2) is 0 Å². The molecule has 0 radical (unpaired) electrons. The van der Waals surface area contributed by atoms with E-state index >= 15 is 0 Å². The van der Waals surface area contributed by atoms with Crippen molar-refractivity contribution in [3.05, 3.63) is 181 Å². The topological polar surface area (TPSA) is 23.0 Å². The number of para-hydroxylation sites is 4. The Hall–Kier alpha value is -6.84. The molecule has 0 atom stereocenters. The van der Waals surface area contributed by atoms with Crippen LogP contribution in [-0.4, -0.2) is 9.13 Å². The van der Waals surface area contributed by atoms with Crippen molar-refractivity contribution in [1.82, 2.24) is 9.13 Å². The molecule has 0 spiro atoms. The molecule has 3 aromatic heterocycles. The first-order valence-corrected chi connectivity index (χ1v) is 18.8. The summed E-state index contributed by atoms with van der Waals surface area (Å²) in [5, 5.41) is 7.39. The van der Waals surface area contributed by atoms with E-state index in [0.29, 0.717) is 0 Å². The molecule has 11 aromatic rings. The van der Waals surface area contributed by atoms with Gasteiger partial charge in [-0.15, -0.1) is 0 Å². The smallest absolute Gasteiger partial charge is 0.136 e. The Morgan fingerprint density at radius 2 is 0.926 bits per heavy atom. The van der Waals surface area contributed by atoms with Crippen LogP contribution in [0.4, 0.5) is 0 Å². The molecule has 54 heavy (non-hydrogen) atoms. The minimum Gasteiger partial charge on any atom is -0.456 e. The average Bonchev–Trinajstić information content (AvgIpc) is 3.92. The molecule has 0 bridgehead atoms. The fourth-order valence-electron chi connectivity index (χ4n) is 9.52. The van der Waals surface area contributed by atoms with Crippen molar-refractivity contribution < 1.29 is 4.42 Å². The maximum absolute atomic E-state index is 6.34. The fraction of sp³-hybridized carbons (Fsp3) is 0.0588. The van der Waals surface area contributed by atoms with Gasteiger partial charge in [-0.3, -0.25) is 0 Å². The summed E-state index contributed by atoms with van der Waals surface area (Å²) >= 11 is 0. The second-order valence-electron chi connectivity index (χ2n) is 15.4. The third kappa shape index (κ3) is 3.96. The summed E-state index contributed by atoms with van der Waals surface area (Å²) in [5.74, 6) is 0. The van der Waals surface area contributed by atoms with Crippen molar-refractivity contribution in [1.29, 1.82) is 0 Å². The minimum absolute atomic E-state index is 0.165. The Morgan fingerprint density at radius 3 is 1.61 bits per heavy atom. The van der Waals surface area contributed by atoms with Gasteiger partial charge in [0.15, 0.2) is 0 Å². The molecule has 3 heterocycles. The Morgan fingerprint density at radius 1 is 0.370 bits per heavy atom. The van der Waals surface area contributed by atoms with Crippen molar-refractivity contribution in [2.75, 3.05) is 0 Å². The molecule has 0 N–H and O–H groups in total. The average molecular weight is 691 g/mol. The van der Waals surface area contributed by atoms with Gasteiger partial charge in [-0.1, -0.05) is 105 Å². The molecule has 0 saturated carbocycles. The van der Waals surface area contributed by atoms with Gasteiger partial charge in [-0.05, 0) is 112 Å². The summed E-state index contributed by atoms with van der Waals surface area (Å²) in [7, 11) is 0. The molecule has 1 aliphatic rings. The van der Waals surface area contributed by atoms with E-state index in [1.807, 2.05) is 6.07 Å². The van der Waals surface area contributed by atoms with E-state index in [1.165, 1.54) is 99.1 Å². The zero-order chi connectivity index (χ0) is 35.7. The highest BCUT2D eigenvalue weighted by Crippen LogP contribution is 2.51. The molecule has 254 valence electrons. The van der Waals surface area contributed by atoms with E-state index in [9.17, 15) is 0 Å². The SMILES string of the molecule is CC1(C)c2cc(-n3c4ccccc4c4cc(-c5ccc6c(c5)c5ccccc5n6-c5ccccc5)ccc43)ccc2-c2cc3oc4ccccc4c3cc21. The molecule has 0 fully saturated rings. The second-order valence-corrected chi connectivity index (χ2v) is 15.4. The fourth-order valence-corrected chi connectivity index (χ4v) is 9.52. The Balaban J connectivity index is 1.01. The first-order valence-electron chi connectivity index (χ1n) is 18.8. The van der Waals surface area contributed by atoms with Crippen LogP contribution in [0.5, 0.6) is 0 Å². The molecule has 0 amide bonds. The first-order chi connectivity index (χ1) is 26.5. The van der Waals surface area contributed by atoms with Crippen molar-refractivity contribution in [2.24, 2.45) is 0 Å². The monoisotopic (exact) mass is 690 g/mol. The largest absolute Gasteiger partial charge is 0.456 e. The third-order valence-corrected chi connectivity index (χ3v) is 12.1. The van der Waals surface area contributed by atoms with E-state index in [4.69, 9.17) is 4.42 Å². The zero-order valence-electron chi connectivity index (χ0n) is 30.0. The minimum atomic E-state index is -0.165. The maximum Gasteiger partial charge on any atom is 0.136 e. The van der Waals surface area contributed by atoms with Gasteiger partial charge in [0.1, 0.15) is 11.2 Å². The summed E-state index contributed by atoms with van der Waals surface area (Å²) in [4.78, 5) is 0. The highest BCUT2D eigenvalue weighted by molar-refractivity contribution is 6.13. The molecular weight excluding hydrogens is 657 g/mol. The summed E-state index contributed by atoms with van der Waals surface area (Å²) in [6.45, 7) is 4.73. The number of benzene rings is 8. The number of hydrogen-bond donors (Lipinski definition) is 0. The molecular formula is C51H34N2O. The van der Waals surface area contributed by atoms with Crippen LogP contribution in [0, 0.1) is 0 Å². The molecule has 1 aliphatic carbocycles. The lowest BCUT2D eigenvalue weighted by molar-refractivity contribution is 0.657. The maximum atomic E-state index is 6.34. The predicted molar refractivity (Wildman–Crippen MR) is 225 cm³/mol. The van der Waals surface area contributed by atoms with E-state index in [-0.39, 0.29) is 5.41 Å². The van der Waals surface area contributed by atoms with Crippen molar-refractivity contribution in [2.45, 2.75) is 19.3 Å². The Labute approximate surface area is 311 Å². The van der Waals surface area contributed by atoms with Crippen LogP contribution in [0.15, 0.2) is 174 Å². The quantitative estimate of drug-likeness (QED) is 0.181. The first kappa shape index (κ1) is 29.7. The predicted octanol–water partition coefficient (Wildman–Crippen LogP) is 13.8. The summed E-state index contributed by atoms with van der Waals surface area (Å²) in [6, 6.07) is 62.2. The van der Waals surface area contributed by atoms with Crippen LogP contribution in [0.25, 0.3) is 99.2 Å². The molecule has 0 saturated heterocycles. The summed E-state index contributed by atoms with van der Waals surface area (Å²) < 4.78 is 11.2. The number of aromatic nitrogens is 2. The van der Waals surface area contributed by atoms with Gasteiger partial charge < -0.3 is 13.6 Å². The van der Waals surface area contributed by atoms with Crippen LogP contribution >= 0.6 is 0 Å². The summed E-state index contributed by atoms with van der Waals surface area (Å²) in [5.41, 5.74) is 16.6. The van der Waals surface area contributed by atoms with Gasteiger partial charge in [0.05, 0.1) is 22.1 Å². The van der Waals surface area contributed by atoms with E-state index in [2.05, 4.69) is 187 Å². The van der Waals surface area contributed by atoms with Gasteiger partial charge in [0, 0.05) is 49.1 Å². The third-order valence-electron chi connectivity index (χ3n) is 12.1. The van der Waals surface area contributed by atoms with Crippen LogP contribution < -0.4 is 0 Å². The van der Waals surface area contributed by atoms with Gasteiger partial charge in [-0.2, -0.15) is 0 Å². The number of hydrogen-bond acceptors (Lipinski definition) is 1. The van der Waals surface area contributed by atoms with Crippen molar-refractivity contribution in [3.63, 3.8) is 0 Å². The van der Waals surface area contributed by atoms with Gasteiger partial charge >= 0.3 is 0 Å². The standard InChI is InChI=1S/C51H34N2O/c1-51(2)43-28-34(22-23-35(43)39-30-50-42(29-44(39)51)38-16-8-11-19-49(38)54-50)53-46-18-10-7-15-37(46)41-27-32(21-25-48(41)53)31-20-24-47-40(26-31)36-14-6-9-17-45(36)52(47)33-12-4-3-5-13-33/h3-30H,1-2H3. The highest BCUT2D eigenvalue weighted by atomic mass is 16.3. The summed E-state index contributed by atoms with van der Waals surface area (Å²) in [6.07, 6.45) is 0.